The lowest BCUT2D eigenvalue weighted by Crippen LogP contribution is -2.50. The van der Waals surface area contributed by atoms with Gasteiger partial charge in [0.2, 0.25) is 0 Å². The molecule has 2 atom stereocenters. The number of hydrogen-bond donors (Lipinski definition) is 1. The van der Waals surface area contributed by atoms with Crippen molar-refractivity contribution >= 4 is 17.3 Å². The first-order chi connectivity index (χ1) is 18.4. The highest BCUT2D eigenvalue weighted by molar-refractivity contribution is 6.30. The van der Waals surface area contributed by atoms with Crippen LogP contribution in [0.2, 0.25) is 5.02 Å². The van der Waals surface area contributed by atoms with E-state index in [2.05, 4.69) is 74.6 Å². The van der Waals surface area contributed by atoms with Crippen LogP contribution in [0.1, 0.15) is 47.8 Å². The van der Waals surface area contributed by atoms with Crippen molar-refractivity contribution < 1.29 is 14.2 Å². The highest BCUT2D eigenvalue weighted by atomic mass is 35.5. The van der Waals surface area contributed by atoms with Crippen LogP contribution >= 0.6 is 11.6 Å². The third kappa shape index (κ3) is 6.21. The summed E-state index contributed by atoms with van der Waals surface area (Å²) in [7, 11) is 0. The van der Waals surface area contributed by atoms with Crippen molar-refractivity contribution in [2.45, 2.75) is 58.3 Å². The Morgan fingerprint density at radius 2 is 1.55 bits per heavy atom. The third-order valence-electron chi connectivity index (χ3n) is 6.98. The normalized spacial score (nSPS) is 17.9. The smallest absolute Gasteiger partial charge is 0.132 e. The zero-order valence-corrected chi connectivity index (χ0v) is 22.9. The summed E-state index contributed by atoms with van der Waals surface area (Å²) >= 11 is 6.22. The monoisotopic (exact) mass is 527 g/mol. The van der Waals surface area contributed by atoms with Crippen LogP contribution in [0.15, 0.2) is 97.1 Å². The maximum absolute atomic E-state index is 6.63. The van der Waals surface area contributed by atoms with Crippen LogP contribution < -0.4 is 10.1 Å². The Balaban J connectivity index is 1.43. The summed E-state index contributed by atoms with van der Waals surface area (Å²) in [5, 5.41) is 4.27. The van der Waals surface area contributed by atoms with Gasteiger partial charge in [-0.25, -0.2) is 0 Å². The van der Waals surface area contributed by atoms with E-state index in [9.17, 15) is 0 Å². The fourth-order valence-corrected chi connectivity index (χ4v) is 5.10. The van der Waals surface area contributed by atoms with E-state index in [-0.39, 0.29) is 12.2 Å². The Kier molecular flexibility index (Phi) is 8.04. The Labute approximate surface area is 230 Å². The topological polar surface area (TPSA) is 39.7 Å². The molecule has 0 aliphatic carbocycles. The number of hydrogen-bond acceptors (Lipinski definition) is 4. The molecule has 0 amide bonds. The van der Waals surface area contributed by atoms with Gasteiger partial charge in [-0.1, -0.05) is 78.3 Å². The van der Waals surface area contributed by atoms with Crippen molar-refractivity contribution in [3.05, 3.63) is 130 Å². The van der Waals surface area contributed by atoms with E-state index in [4.69, 9.17) is 25.8 Å². The molecule has 0 bridgehead atoms. The largest absolute Gasteiger partial charge is 0.485 e. The van der Waals surface area contributed by atoms with Crippen molar-refractivity contribution in [1.82, 2.24) is 0 Å². The average Bonchev–Trinajstić information content (AvgIpc) is 2.91. The summed E-state index contributed by atoms with van der Waals surface area (Å²) in [6.07, 6.45) is -0.669. The Bertz CT molecular complexity index is 1370. The van der Waals surface area contributed by atoms with Gasteiger partial charge in [0, 0.05) is 22.8 Å². The molecule has 0 saturated heterocycles. The van der Waals surface area contributed by atoms with E-state index in [1.807, 2.05) is 48.5 Å². The standard InChI is InChI=1S/C33H34ClNO3/c1-23-10-7-8-14-26(23)20-35-28-16-17-30-29(19-28)31(36-21-24-11-5-4-6-12-24)32(33(2,3)38-30)37-22-25-13-9-15-27(34)18-25/h4-19,31-32,35H,20-22H2,1-3H3. The van der Waals surface area contributed by atoms with Crippen LogP contribution in [0.4, 0.5) is 5.69 Å². The van der Waals surface area contributed by atoms with Gasteiger partial charge in [0.05, 0.1) is 13.2 Å². The number of nitrogens with one attached hydrogen (secondary N) is 1. The molecule has 0 saturated carbocycles. The minimum absolute atomic E-state index is 0.326. The van der Waals surface area contributed by atoms with Gasteiger partial charge >= 0.3 is 0 Å². The van der Waals surface area contributed by atoms with Crippen LogP contribution in [-0.2, 0) is 29.2 Å². The predicted molar refractivity (Wildman–Crippen MR) is 154 cm³/mol. The van der Waals surface area contributed by atoms with Gasteiger partial charge in [-0.05, 0) is 73.4 Å². The van der Waals surface area contributed by atoms with Gasteiger partial charge in [-0.15, -0.1) is 0 Å². The van der Waals surface area contributed by atoms with Crippen molar-refractivity contribution in [3.8, 4) is 5.75 Å². The summed E-state index contributed by atoms with van der Waals surface area (Å²) < 4.78 is 19.7. The summed E-state index contributed by atoms with van der Waals surface area (Å²) in [4.78, 5) is 0. The first kappa shape index (κ1) is 26.3. The van der Waals surface area contributed by atoms with E-state index in [0.717, 1.165) is 34.7 Å². The fourth-order valence-electron chi connectivity index (χ4n) is 4.89. The molecule has 1 N–H and O–H groups in total. The Hall–Kier alpha value is -3.31. The molecule has 4 aromatic carbocycles. The van der Waals surface area contributed by atoms with Crippen LogP contribution in [0.25, 0.3) is 0 Å². The molecular formula is C33H34ClNO3. The van der Waals surface area contributed by atoms with Crippen LogP contribution in [0.3, 0.4) is 0 Å². The molecule has 0 spiro atoms. The lowest BCUT2D eigenvalue weighted by atomic mass is 9.87. The minimum atomic E-state index is -0.608. The van der Waals surface area contributed by atoms with Gasteiger partial charge in [-0.3, -0.25) is 0 Å². The summed E-state index contributed by atoms with van der Waals surface area (Å²) in [6, 6.07) is 32.6. The van der Waals surface area contributed by atoms with Crippen LogP contribution in [0.5, 0.6) is 5.75 Å². The maximum Gasteiger partial charge on any atom is 0.132 e. The quantitative estimate of drug-likeness (QED) is 0.238. The first-order valence-corrected chi connectivity index (χ1v) is 13.4. The fraction of sp³-hybridized carbons (Fsp3) is 0.273. The Morgan fingerprint density at radius 3 is 2.34 bits per heavy atom. The summed E-state index contributed by atoms with van der Waals surface area (Å²) in [5.41, 5.74) is 6.03. The molecule has 1 heterocycles. The lowest BCUT2D eigenvalue weighted by molar-refractivity contribution is -0.170. The molecule has 4 aromatic rings. The van der Waals surface area contributed by atoms with E-state index in [1.54, 1.807) is 0 Å². The number of ether oxygens (including phenoxy) is 3. The van der Waals surface area contributed by atoms with E-state index in [0.29, 0.717) is 18.2 Å². The zero-order chi connectivity index (χ0) is 26.5. The summed E-state index contributed by atoms with van der Waals surface area (Å²) in [6.45, 7) is 7.86. The molecule has 5 heteroatoms. The van der Waals surface area contributed by atoms with Crippen LogP contribution in [0, 0.1) is 6.92 Å². The Morgan fingerprint density at radius 1 is 0.816 bits per heavy atom. The van der Waals surface area contributed by atoms with Gasteiger partial charge < -0.3 is 19.5 Å². The molecule has 4 nitrogen and oxygen atoms in total. The van der Waals surface area contributed by atoms with Gasteiger partial charge in [0.1, 0.15) is 23.6 Å². The number of aryl methyl sites for hydroxylation is 1. The van der Waals surface area contributed by atoms with E-state index < -0.39 is 5.60 Å². The number of fused-ring (bicyclic) bond motifs is 1. The van der Waals surface area contributed by atoms with Gasteiger partial charge in [0.15, 0.2) is 0 Å². The van der Waals surface area contributed by atoms with Crippen molar-refractivity contribution in [1.29, 1.82) is 0 Å². The molecule has 0 aromatic heterocycles. The molecular weight excluding hydrogens is 494 g/mol. The number of halogens is 1. The van der Waals surface area contributed by atoms with Crippen molar-refractivity contribution in [3.63, 3.8) is 0 Å². The average molecular weight is 528 g/mol. The molecule has 0 radical (unpaired) electrons. The number of rotatable bonds is 9. The second kappa shape index (κ2) is 11.6. The highest BCUT2D eigenvalue weighted by Gasteiger charge is 2.45. The first-order valence-electron chi connectivity index (χ1n) is 13.0. The molecule has 196 valence electrons. The third-order valence-corrected chi connectivity index (χ3v) is 7.22. The summed E-state index contributed by atoms with van der Waals surface area (Å²) in [5.74, 6) is 0.817. The lowest BCUT2D eigenvalue weighted by Gasteiger charge is -2.44. The molecule has 1 aliphatic heterocycles. The maximum atomic E-state index is 6.63. The molecule has 38 heavy (non-hydrogen) atoms. The van der Waals surface area contributed by atoms with E-state index >= 15 is 0 Å². The second-order valence-corrected chi connectivity index (χ2v) is 10.8. The molecule has 0 fully saturated rings. The zero-order valence-electron chi connectivity index (χ0n) is 22.1. The highest BCUT2D eigenvalue weighted by Crippen LogP contribution is 2.45. The SMILES string of the molecule is Cc1ccccc1CNc1ccc2c(c1)C(OCc1ccccc1)C(OCc1cccc(Cl)c1)C(C)(C)O2. The van der Waals surface area contributed by atoms with Crippen molar-refractivity contribution in [2.75, 3.05) is 5.32 Å². The molecule has 5 rings (SSSR count). The predicted octanol–water partition coefficient (Wildman–Crippen LogP) is 8.27. The van der Waals surface area contributed by atoms with Crippen LogP contribution in [-0.4, -0.2) is 11.7 Å². The minimum Gasteiger partial charge on any atom is -0.485 e. The van der Waals surface area contributed by atoms with Crippen molar-refractivity contribution in [2.24, 2.45) is 0 Å². The number of anilines is 1. The molecule has 2 unspecified atom stereocenters. The molecule has 1 aliphatic rings. The van der Waals surface area contributed by atoms with Gasteiger partial charge in [0.25, 0.3) is 0 Å². The second-order valence-electron chi connectivity index (χ2n) is 10.3. The van der Waals surface area contributed by atoms with Gasteiger partial charge in [-0.2, -0.15) is 0 Å². The number of benzene rings is 4. The van der Waals surface area contributed by atoms with E-state index in [1.165, 1.54) is 11.1 Å².